The molecule has 1 aromatic heterocycles. The first-order valence-corrected chi connectivity index (χ1v) is 8.16. The van der Waals surface area contributed by atoms with Crippen LogP contribution in [0.15, 0.2) is 66.9 Å². The molecule has 6 heteroatoms. The first kappa shape index (κ1) is 18.0. The lowest BCUT2D eigenvalue weighted by atomic mass is 9.98. The summed E-state index contributed by atoms with van der Waals surface area (Å²) < 4.78 is 13.9. The quantitative estimate of drug-likeness (QED) is 0.541. The molecule has 132 valence electrons. The third-order valence-electron chi connectivity index (χ3n) is 4.01. The van der Waals surface area contributed by atoms with Crippen LogP contribution in [0.4, 0.5) is 4.39 Å². The molecule has 0 atom stereocenters. The maximum atomic E-state index is 13.9. The lowest BCUT2D eigenvalue weighted by molar-refractivity contribution is 0.0950. The lowest BCUT2D eigenvalue weighted by Crippen LogP contribution is -2.25. The second kappa shape index (κ2) is 8.02. The summed E-state index contributed by atoms with van der Waals surface area (Å²) in [6.07, 6.45) is 1.31. The van der Waals surface area contributed by atoms with Crippen LogP contribution in [0, 0.1) is 22.7 Å². The number of pyridine rings is 1. The van der Waals surface area contributed by atoms with Gasteiger partial charge in [0.25, 0.3) is 5.91 Å². The van der Waals surface area contributed by atoms with Crippen LogP contribution in [-0.4, -0.2) is 16.6 Å². The Kier molecular flexibility index (Phi) is 5.33. The number of hydrogen-bond acceptors (Lipinski definition) is 4. The highest BCUT2D eigenvalue weighted by Gasteiger charge is 2.17. The average molecular weight is 358 g/mol. The van der Waals surface area contributed by atoms with Gasteiger partial charge in [-0.05, 0) is 35.9 Å². The molecule has 0 aliphatic carbocycles. The number of amides is 1. The molecule has 1 amide bonds. The number of nitrogens with one attached hydrogen (secondary N) is 2. The third-order valence-corrected chi connectivity index (χ3v) is 4.01. The molecule has 0 fully saturated rings. The minimum absolute atomic E-state index is 0.0323. The van der Waals surface area contributed by atoms with Gasteiger partial charge in [-0.1, -0.05) is 30.3 Å². The van der Waals surface area contributed by atoms with Gasteiger partial charge in [-0.15, -0.1) is 0 Å². The Morgan fingerprint density at radius 3 is 2.37 bits per heavy atom. The second-order valence-electron chi connectivity index (χ2n) is 5.75. The number of halogens is 1. The summed E-state index contributed by atoms with van der Waals surface area (Å²) in [5.41, 5.74) is 1.91. The maximum Gasteiger partial charge on any atom is 0.252 e. The van der Waals surface area contributed by atoms with E-state index in [1.807, 2.05) is 6.07 Å². The van der Waals surface area contributed by atoms with Crippen molar-refractivity contribution in [2.75, 3.05) is 0 Å². The van der Waals surface area contributed by atoms with Crippen molar-refractivity contribution in [3.05, 3.63) is 101 Å². The van der Waals surface area contributed by atoms with E-state index in [1.165, 1.54) is 12.3 Å². The van der Waals surface area contributed by atoms with Crippen LogP contribution in [0.2, 0.25) is 0 Å². The van der Waals surface area contributed by atoms with Gasteiger partial charge >= 0.3 is 0 Å². The molecule has 1 heterocycles. The molecule has 2 aromatic carbocycles. The van der Waals surface area contributed by atoms with Crippen molar-refractivity contribution in [1.29, 1.82) is 10.7 Å². The summed E-state index contributed by atoms with van der Waals surface area (Å²) >= 11 is 0. The van der Waals surface area contributed by atoms with Crippen molar-refractivity contribution in [2.45, 2.75) is 6.54 Å². The van der Waals surface area contributed by atoms with Crippen molar-refractivity contribution in [3.8, 4) is 6.07 Å². The SMILES string of the molecule is N#Cc1ccc(CNC(=O)c2ccccc2C(=N)c2cccnc2F)cc1. The Balaban J connectivity index is 1.80. The van der Waals surface area contributed by atoms with Crippen molar-refractivity contribution in [3.63, 3.8) is 0 Å². The van der Waals surface area contributed by atoms with Crippen molar-refractivity contribution < 1.29 is 9.18 Å². The minimum atomic E-state index is -0.754. The number of rotatable bonds is 5. The van der Waals surface area contributed by atoms with Crippen LogP contribution in [-0.2, 0) is 6.54 Å². The highest BCUT2D eigenvalue weighted by molar-refractivity contribution is 6.16. The molecule has 0 unspecified atom stereocenters. The number of nitrogens with zero attached hydrogens (tertiary/aromatic N) is 2. The Labute approximate surface area is 155 Å². The fourth-order valence-corrected chi connectivity index (χ4v) is 2.59. The van der Waals surface area contributed by atoms with E-state index in [0.717, 1.165) is 5.56 Å². The molecular formula is C21H15FN4O. The number of benzene rings is 2. The van der Waals surface area contributed by atoms with Crippen LogP contribution in [0.1, 0.15) is 32.6 Å². The number of carbonyl (C=O) groups is 1. The van der Waals surface area contributed by atoms with Gasteiger partial charge in [-0.25, -0.2) is 4.98 Å². The van der Waals surface area contributed by atoms with Crippen LogP contribution in [0.25, 0.3) is 0 Å². The molecule has 0 radical (unpaired) electrons. The predicted molar refractivity (Wildman–Crippen MR) is 98.9 cm³/mol. The summed E-state index contributed by atoms with van der Waals surface area (Å²) in [7, 11) is 0. The highest BCUT2D eigenvalue weighted by Crippen LogP contribution is 2.16. The molecule has 0 aliphatic rings. The predicted octanol–water partition coefficient (Wildman–Crippen LogP) is 3.44. The zero-order valence-electron chi connectivity index (χ0n) is 14.2. The van der Waals surface area contributed by atoms with Gasteiger partial charge in [-0.3, -0.25) is 10.2 Å². The largest absolute Gasteiger partial charge is 0.348 e. The first-order valence-electron chi connectivity index (χ1n) is 8.16. The smallest absolute Gasteiger partial charge is 0.252 e. The van der Waals surface area contributed by atoms with E-state index in [4.69, 9.17) is 10.7 Å². The van der Waals surface area contributed by atoms with Crippen LogP contribution >= 0.6 is 0 Å². The molecule has 0 saturated carbocycles. The van der Waals surface area contributed by atoms with E-state index < -0.39 is 5.95 Å². The second-order valence-corrected chi connectivity index (χ2v) is 5.75. The highest BCUT2D eigenvalue weighted by atomic mass is 19.1. The molecule has 0 bridgehead atoms. The average Bonchev–Trinajstić information content (AvgIpc) is 2.72. The summed E-state index contributed by atoms with van der Waals surface area (Å²) in [4.78, 5) is 16.2. The van der Waals surface area contributed by atoms with Crippen LogP contribution in [0.3, 0.4) is 0 Å². The molecule has 3 aromatic rings. The normalized spacial score (nSPS) is 10.1. The van der Waals surface area contributed by atoms with Gasteiger partial charge in [0, 0.05) is 23.9 Å². The minimum Gasteiger partial charge on any atom is -0.348 e. The fraction of sp³-hybridized carbons (Fsp3) is 0.0476. The van der Waals surface area contributed by atoms with Gasteiger partial charge in [0.2, 0.25) is 5.95 Å². The summed E-state index contributed by atoms with van der Waals surface area (Å²) in [5, 5.41) is 19.9. The maximum absolute atomic E-state index is 13.9. The number of hydrogen-bond donors (Lipinski definition) is 2. The fourth-order valence-electron chi connectivity index (χ4n) is 2.59. The van der Waals surface area contributed by atoms with E-state index in [0.29, 0.717) is 11.1 Å². The van der Waals surface area contributed by atoms with E-state index in [9.17, 15) is 9.18 Å². The van der Waals surface area contributed by atoms with Crippen molar-refractivity contribution in [2.24, 2.45) is 0 Å². The standard InChI is InChI=1S/C21H15FN4O/c22-20-18(6-3-11-25-20)19(24)16-4-1-2-5-17(16)21(27)26-13-15-9-7-14(12-23)8-10-15/h1-11,24H,13H2,(H,26,27). The number of aromatic nitrogens is 1. The van der Waals surface area contributed by atoms with Gasteiger partial charge in [-0.2, -0.15) is 9.65 Å². The van der Waals surface area contributed by atoms with E-state index in [2.05, 4.69) is 10.3 Å². The molecular weight excluding hydrogens is 343 g/mol. The zero-order valence-corrected chi connectivity index (χ0v) is 14.2. The summed E-state index contributed by atoms with van der Waals surface area (Å²) in [6, 6.07) is 18.5. The third kappa shape index (κ3) is 4.05. The summed E-state index contributed by atoms with van der Waals surface area (Å²) in [5.74, 6) is -1.13. The van der Waals surface area contributed by atoms with E-state index in [1.54, 1.807) is 54.6 Å². The molecule has 5 nitrogen and oxygen atoms in total. The molecule has 2 N–H and O–H groups in total. The lowest BCUT2D eigenvalue weighted by Gasteiger charge is -2.12. The van der Waals surface area contributed by atoms with Gasteiger partial charge in [0.1, 0.15) is 0 Å². The van der Waals surface area contributed by atoms with Crippen molar-refractivity contribution in [1.82, 2.24) is 10.3 Å². The Hall–Kier alpha value is -3.85. The summed E-state index contributed by atoms with van der Waals surface area (Å²) in [6.45, 7) is 0.271. The Bertz CT molecular complexity index is 1040. The van der Waals surface area contributed by atoms with Gasteiger partial charge < -0.3 is 5.32 Å². The Morgan fingerprint density at radius 1 is 1.04 bits per heavy atom. The zero-order chi connectivity index (χ0) is 19.2. The molecule has 0 saturated heterocycles. The Morgan fingerprint density at radius 2 is 1.70 bits per heavy atom. The van der Waals surface area contributed by atoms with Gasteiger partial charge in [0.05, 0.1) is 22.9 Å². The van der Waals surface area contributed by atoms with Gasteiger partial charge in [0.15, 0.2) is 0 Å². The first-order chi connectivity index (χ1) is 13.1. The number of nitriles is 1. The topological polar surface area (TPSA) is 89.6 Å². The monoisotopic (exact) mass is 358 g/mol. The molecule has 27 heavy (non-hydrogen) atoms. The molecule has 3 rings (SSSR count). The molecule has 0 spiro atoms. The van der Waals surface area contributed by atoms with E-state index in [-0.39, 0.29) is 29.3 Å². The van der Waals surface area contributed by atoms with Crippen molar-refractivity contribution >= 4 is 11.6 Å². The van der Waals surface area contributed by atoms with E-state index >= 15 is 0 Å². The van der Waals surface area contributed by atoms with Crippen LogP contribution < -0.4 is 5.32 Å². The molecule has 0 aliphatic heterocycles. The van der Waals surface area contributed by atoms with Crippen LogP contribution in [0.5, 0.6) is 0 Å². The number of carbonyl (C=O) groups excluding carboxylic acids is 1.